The maximum atomic E-state index is 11.9. The molecule has 3 N–H and O–H groups in total. The van der Waals surface area contributed by atoms with Crippen molar-refractivity contribution in [3.8, 4) is 0 Å². The van der Waals surface area contributed by atoms with Gasteiger partial charge in [0.1, 0.15) is 0 Å². The van der Waals surface area contributed by atoms with Crippen LogP contribution >= 0.6 is 0 Å². The molecule has 1 saturated heterocycles. The van der Waals surface area contributed by atoms with E-state index in [1.807, 2.05) is 0 Å². The molecule has 3 fully saturated rings. The van der Waals surface area contributed by atoms with Crippen molar-refractivity contribution in [2.24, 2.45) is 11.8 Å². The van der Waals surface area contributed by atoms with Gasteiger partial charge in [0.25, 0.3) is 0 Å². The van der Waals surface area contributed by atoms with Crippen molar-refractivity contribution in [3.05, 3.63) is 0 Å². The molecule has 0 aromatic rings. The second-order valence-corrected chi connectivity index (χ2v) is 6.29. The SMILES string of the molecule is O=C(NC1CCCC1)NC1CC[C@H]2CNC[C@H]2C1. The van der Waals surface area contributed by atoms with E-state index < -0.39 is 0 Å². The lowest BCUT2D eigenvalue weighted by molar-refractivity contribution is 0.212. The minimum atomic E-state index is 0.0660. The number of hydrogen-bond donors (Lipinski definition) is 3. The smallest absolute Gasteiger partial charge is 0.315 e. The molecule has 0 spiro atoms. The Labute approximate surface area is 109 Å². The molecular weight excluding hydrogens is 226 g/mol. The van der Waals surface area contributed by atoms with Crippen molar-refractivity contribution in [1.29, 1.82) is 0 Å². The van der Waals surface area contributed by atoms with E-state index in [2.05, 4.69) is 16.0 Å². The summed E-state index contributed by atoms with van der Waals surface area (Å²) in [7, 11) is 0. The molecule has 18 heavy (non-hydrogen) atoms. The zero-order valence-corrected chi connectivity index (χ0v) is 11.1. The van der Waals surface area contributed by atoms with Crippen LogP contribution in [0.25, 0.3) is 0 Å². The van der Waals surface area contributed by atoms with Crippen LogP contribution in [0.15, 0.2) is 0 Å². The Hall–Kier alpha value is -0.770. The van der Waals surface area contributed by atoms with E-state index in [4.69, 9.17) is 0 Å². The quantitative estimate of drug-likeness (QED) is 0.698. The first kappa shape index (κ1) is 12.3. The average molecular weight is 251 g/mol. The van der Waals surface area contributed by atoms with Gasteiger partial charge in [-0.1, -0.05) is 12.8 Å². The molecule has 0 bridgehead atoms. The van der Waals surface area contributed by atoms with Crippen LogP contribution in [0.3, 0.4) is 0 Å². The molecule has 0 aromatic heterocycles. The van der Waals surface area contributed by atoms with Gasteiger partial charge in [0.2, 0.25) is 0 Å². The fraction of sp³-hybridized carbons (Fsp3) is 0.929. The van der Waals surface area contributed by atoms with Crippen molar-refractivity contribution in [2.75, 3.05) is 13.1 Å². The second-order valence-electron chi connectivity index (χ2n) is 6.29. The molecule has 1 unspecified atom stereocenters. The summed E-state index contributed by atoms with van der Waals surface area (Å²) in [4.78, 5) is 11.9. The Balaban J connectivity index is 1.43. The molecule has 0 radical (unpaired) electrons. The van der Waals surface area contributed by atoms with Gasteiger partial charge in [0.05, 0.1) is 0 Å². The number of rotatable bonds is 2. The summed E-state index contributed by atoms with van der Waals surface area (Å²) in [6.45, 7) is 2.33. The third-order valence-electron chi connectivity index (χ3n) is 4.98. The van der Waals surface area contributed by atoms with Crippen LogP contribution in [-0.4, -0.2) is 31.2 Å². The van der Waals surface area contributed by atoms with Crippen LogP contribution in [0.2, 0.25) is 0 Å². The van der Waals surface area contributed by atoms with Crippen LogP contribution in [0.1, 0.15) is 44.9 Å². The van der Waals surface area contributed by atoms with E-state index in [1.165, 1.54) is 25.8 Å². The molecule has 3 aliphatic rings. The van der Waals surface area contributed by atoms with Crippen LogP contribution in [0.5, 0.6) is 0 Å². The Bertz CT molecular complexity index is 301. The van der Waals surface area contributed by atoms with E-state index in [1.54, 1.807) is 0 Å². The Morgan fingerprint density at radius 2 is 1.61 bits per heavy atom. The first-order chi connectivity index (χ1) is 8.81. The fourth-order valence-electron chi connectivity index (χ4n) is 3.91. The summed E-state index contributed by atoms with van der Waals surface area (Å²) in [5.74, 6) is 1.65. The standard InChI is InChI=1S/C14H25N3O/c18-14(16-12-3-1-2-4-12)17-13-6-5-10-8-15-9-11(10)7-13/h10-13,15H,1-9H2,(H2,16,17,18)/t10-,11+,13?/m0/s1. The van der Waals surface area contributed by atoms with Gasteiger partial charge in [-0.05, 0) is 57.0 Å². The van der Waals surface area contributed by atoms with Gasteiger partial charge in [-0.2, -0.15) is 0 Å². The molecule has 0 aromatic carbocycles. The largest absolute Gasteiger partial charge is 0.335 e. The van der Waals surface area contributed by atoms with Gasteiger partial charge in [-0.15, -0.1) is 0 Å². The summed E-state index contributed by atoms with van der Waals surface area (Å²) in [6, 6.07) is 0.887. The topological polar surface area (TPSA) is 53.2 Å². The third kappa shape index (κ3) is 2.79. The number of amides is 2. The number of carbonyl (C=O) groups is 1. The van der Waals surface area contributed by atoms with Crippen LogP contribution in [0, 0.1) is 11.8 Å². The number of fused-ring (bicyclic) bond motifs is 1. The van der Waals surface area contributed by atoms with E-state index in [-0.39, 0.29) is 6.03 Å². The molecule has 3 rings (SSSR count). The second kappa shape index (κ2) is 5.47. The zero-order chi connectivity index (χ0) is 12.4. The number of urea groups is 1. The first-order valence-corrected chi connectivity index (χ1v) is 7.59. The summed E-state index contributed by atoms with van der Waals surface area (Å²) >= 11 is 0. The summed E-state index contributed by atoms with van der Waals surface area (Å²) < 4.78 is 0. The first-order valence-electron chi connectivity index (χ1n) is 7.59. The third-order valence-corrected chi connectivity index (χ3v) is 4.98. The Kier molecular flexibility index (Phi) is 3.73. The monoisotopic (exact) mass is 251 g/mol. The highest BCUT2D eigenvalue weighted by atomic mass is 16.2. The number of nitrogens with one attached hydrogen (secondary N) is 3. The van der Waals surface area contributed by atoms with E-state index >= 15 is 0 Å². The number of hydrogen-bond acceptors (Lipinski definition) is 2. The van der Waals surface area contributed by atoms with Crippen LogP contribution < -0.4 is 16.0 Å². The van der Waals surface area contributed by atoms with Gasteiger partial charge >= 0.3 is 6.03 Å². The summed E-state index contributed by atoms with van der Waals surface area (Å²) in [5.41, 5.74) is 0. The van der Waals surface area contributed by atoms with Crippen LogP contribution in [0.4, 0.5) is 4.79 Å². The predicted molar refractivity (Wildman–Crippen MR) is 71.4 cm³/mol. The van der Waals surface area contributed by atoms with Gasteiger partial charge in [0.15, 0.2) is 0 Å². The highest BCUT2D eigenvalue weighted by molar-refractivity contribution is 5.74. The fourth-order valence-corrected chi connectivity index (χ4v) is 3.91. The van der Waals surface area contributed by atoms with Gasteiger partial charge in [-0.25, -0.2) is 4.79 Å². The molecule has 4 nitrogen and oxygen atoms in total. The van der Waals surface area contributed by atoms with Crippen molar-refractivity contribution in [1.82, 2.24) is 16.0 Å². The molecule has 2 amide bonds. The van der Waals surface area contributed by atoms with Gasteiger partial charge in [0, 0.05) is 12.1 Å². The minimum Gasteiger partial charge on any atom is -0.335 e. The van der Waals surface area contributed by atoms with Crippen molar-refractivity contribution in [2.45, 2.75) is 57.0 Å². The van der Waals surface area contributed by atoms with Crippen molar-refractivity contribution in [3.63, 3.8) is 0 Å². The van der Waals surface area contributed by atoms with Crippen molar-refractivity contribution >= 4 is 6.03 Å². The summed E-state index contributed by atoms with van der Waals surface area (Å²) in [6.07, 6.45) is 8.44. The lowest BCUT2D eigenvalue weighted by Crippen LogP contribution is -2.47. The lowest BCUT2D eigenvalue weighted by atomic mass is 9.79. The van der Waals surface area contributed by atoms with E-state index in [0.717, 1.165) is 44.1 Å². The summed E-state index contributed by atoms with van der Waals surface area (Å²) in [5, 5.41) is 9.77. The Morgan fingerprint density at radius 3 is 2.44 bits per heavy atom. The molecule has 1 aliphatic heterocycles. The van der Waals surface area contributed by atoms with Gasteiger partial charge < -0.3 is 16.0 Å². The molecule has 102 valence electrons. The van der Waals surface area contributed by atoms with Crippen molar-refractivity contribution < 1.29 is 4.79 Å². The molecule has 3 atom stereocenters. The number of carbonyl (C=O) groups excluding carboxylic acids is 1. The molecular formula is C14H25N3O. The van der Waals surface area contributed by atoms with Crippen LogP contribution in [-0.2, 0) is 0 Å². The molecule has 4 heteroatoms. The maximum absolute atomic E-state index is 11.9. The highest BCUT2D eigenvalue weighted by Gasteiger charge is 2.34. The van der Waals surface area contributed by atoms with Gasteiger partial charge in [-0.3, -0.25) is 0 Å². The Morgan fingerprint density at radius 1 is 0.889 bits per heavy atom. The molecule has 1 heterocycles. The zero-order valence-electron chi connectivity index (χ0n) is 11.1. The molecule has 2 saturated carbocycles. The van der Waals surface area contributed by atoms with E-state index in [0.29, 0.717) is 12.1 Å². The molecule has 2 aliphatic carbocycles. The maximum Gasteiger partial charge on any atom is 0.315 e. The highest BCUT2D eigenvalue weighted by Crippen LogP contribution is 2.32. The predicted octanol–water partition coefficient (Wildman–Crippen LogP) is 1.62. The normalized spacial score (nSPS) is 36.3. The average Bonchev–Trinajstić information content (AvgIpc) is 2.98. The van der Waals surface area contributed by atoms with E-state index in [9.17, 15) is 4.79 Å². The minimum absolute atomic E-state index is 0.0660. The lowest BCUT2D eigenvalue weighted by Gasteiger charge is -2.31.